The molecule has 0 bridgehead atoms. The Balaban J connectivity index is 1.33. The summed E-state index contributed by atoms with van der Waals surface area (Å²) in [7, 11) is 0. The van der Waals surface area contributed by atoms with E-state index in [9.17, 15) is 9.59 Å². The van der Waals surface area contributed by atoms with Gasteiger partial charge in [-0.3, -0.25) is 14.5 Å². The first-order valence-electron chi connectivity index (χ1n) is 12.4. The largest absolute Gasteiger partial charge is 0.343 e. The summed E-state index contributed by atoms with van der Waals surface area (Å²) in [6, 6.07) is 15.1. The minimum atomic E-state index is -0.576. The van der Waals surface area contributed by atoms with Crippen molar-refractivity contribution in [2.45, 2.75) is 58.0 Å². The molecule has 1 unspecified atom stereocenters. The number of amides is 2. The van der Waals surface area contributed by atoms with Gasteiger partial charge in [0.05, 0.1) is 5.54 Å². The van der Waals surface area contributed by atoms with Gasteiger partial charge in [-0.15, -0.1) is 0 Å². The molecule has 5 nitrogen and oxygen atoms in total. The average Bonchev–Trinajstić information content (AvgIpc) is 2.83. The molecule has 1 atom stereocenters. The van der Waals surface area contributed by atoms with Crippen LogP contribution >= 0.6 is 11.6 Å². The van der Waals surface area contributed by atoms with Crippen molar-refractivity contribution >= 4 is 23.4 Å². The zero-order valence-corrected chi connectivity index (χ0v) is 21.3. The highest BCUT2D eigenvalue weighted by molar-refractivity contribution is 6.30. The van der Waals surface area contributed by atoms with Crippen LogP contribution in [0.2, 0.25) is 5.02 Å². The predicted molar refractivity (Wildman–Crippen MR) is 137 cm³/mol. The van der Waals surface area contributed by atoms with Crippen molar-refractivity contribution in [3.05, 3.63) is 70.2 Å². The van der Waals surface area contributed by atoms with Crippen LogP contribution in [0, 0.1) is 5.92 Å². The van der Waals surface area contributed by atoms with Crippen LogP contribution in [0.3, 0.4) is 0 Å². The summed E-state index contributed by atoms with van der Waals surface area (Å²) in [5, 5.41) is 3.71. The molecule has 0 aromatic heterocycles. The Kier molecular flexibility index (Phi) is 7.63. The van der Waals surface area contributed by atoms with Gasteiger partial charge in [-0.05, 0) is 94.0 Å². The minimum Gasteiger partial charge on any atom is -0.343 e. The van der Waals surface area contributed by atoms with E-state index in [0.717, 1.165) is 37.4 Å². The first-order chi connectivity index (χ1) is 16.2. The van der Waals surface area contributed by atoms with E-state index in [4.69, 9.17) is 11.6 Å². The highest BCUT2D eigenvalue weighted by atomic mass is 35.5. The maximum Gasteiger partial charge on any atom is 0.253 e. The molecule has 2 amide bonds. The maximum atomic E-state index is 13.1. The molecule has 2 aromatic rings. The molecule has 34 heavy (non-hydrogen) atoms. The van der Waals surface area contributed by atoms with Gasteiger partial charge in [0.15, 0.2) is 0 Å². The van der Waals surface area contributed by atoms with Crippen LogP contribution in [0.15, 0.2) is 48.5 Å². The van der Waals surface area contributed by atoms with Crippen LogP contribution in [0.1, 0.15) is 72.7 Å². The van der Waals surface area contributed by atoms with Crippen molar-refractivity contribution in [3.63, 3.8) is 0 Å². The van der Waals surface area contributed by atoms with Crippen LogP contribution in [0.25, 0.3) is 0 Å². The van der Waals surface area contributed by atoms with Gasteiger partial charge in [0, 0.05) is 41.8 Å². The van der Waals surface area contributed by atoms with Crippen LogP contribution in [0.5, 0.6) is 0 Å². The Hall–Kier alpha value is -2.37. The topological polar surface area (TPSA) is 52.7 Å². The Morgan fingerprint density at radius 2 is 1.65 bits per heavy atom. The molecule has 2 heterocycles. The van der Waals surface area contributed by atoms with Crippen molar-refractivity contribution in [1.82, 2.24) is 15.1 Å². The molecule has 0 spiro atoms. The van der Waals surface area contributed by atoms with Crippen molar-refractivity contribution in [2.24, 2.45) is 5.92 Å². The summed E-state index contributed by atoms with van der Waals surface area (Å²) in [5.41, 5.74) is 1.52. The zero-order valence-electron chi connectivity index (χ0n) is 20.5. The smallest absolute Gasteiger partial charge is 0.253 e. The predicted octanol–water partition coefficient (Wildman–Crippen LogP) is 5.34. The SMILES string of the molecule is CC1CCCN(C2CCN(C(=O)c3ccc(C(=O)NC(C)(C)c4cccc(Cl)c4)cc3)CC2)C1. The molecule has 2 aliphatic heterocycles. The van der Waals surface area contributed by atoms with Gasteiger partial charge in [0.25, 0.3) is 11.8 Å². The molecular formula is C28H36ClN3O2. The molecule has 2 fully saturated rings. The van der Waals surface area contributed by atoms with E-state index in [1.165, 1.54) is 25.9 Å². The second-order valence-electron chi connectivity index (χ2n) is 10.4. The number of hydrogen-bond donors (Lipinski definition) is 1. The maximum absolute atomic E-state index is 13.1. The van der Waals surface area contributed by atoms with Crippen LogP contribution in [-0.4, -0.2) is 53.8 Å². The molecule has 2 saturated heterocycles. The van der Waals surface area contributed by atoms with Crippen molar-refractivity contribution in [2.75, 3.05) is 26.2 Å². The molecule has 0 aliphatic carbocycles. The number of piperidine rings is 2. The van der Waals surface area contributed by atoms with E-state index in [1.54, 1.807) is 24.3 Å². The monoisotopic (exact) mass is 481 g/mol. The van der Waals surface area contributed by atoms with Crippen LogP contribution < -0.4 is 5.32 Å². The lowest BCUT2D eigenvalue weighted by Gasteiger charge is -2.41. The zero-order chi connectivity index (χ0) is 24.3. The lowest BCUT2D eigenvalue weighted by molar-refractivity contribution is 0.0541. The van der Waals surface area contributed by atoms with Crippen molar-refractivity contribution < 1.29 is 9.59 Å². The lowest BCUT2D eigenvalue weighted by atomic mass is 9.93. The third-order valence-electron chi connectivity index (χ3n) is 7.32. The van der Waals surface area contributed by atoms with Gasteiger partial charge in [-0.1, -0.05) is 30.7 Å². The van der Waals surface area contributed by atoms with E-state index in [0.29, 0.717) is 22.2 Å². The molecule has 0 saturated carbocycles. The Labute approximate surface area is 208 Å². The van der Waals surface area contributed by atoms with Gasteiger partial charge in [0.2, 0.25) is 0 Å². The standard InChI is InChI=1S/C28H36ClN3O2/c1-20-6-5-15-32(19-20)25-13-16-31(17-14-25)27(34)22-11-9-21(10-12-22)26(33)30-28(2,3)23-7-4-8-24(29)18-23/h4,7-12,18,20,25H,5-6,13-17,19H2,1-3H3,(H,30,33). The highest BCUT2D eigenvalue weighted by Crippen LogP contribution is 2.25. The number of hydrogen-bond acceptors (Lipinski definition) is 3. The summed E-state index contributed by atoms with van der Waals surface area (Å²) in [5.74, 6) is 0.650. The fraction of sp³-hybridized carbons (Fsp3) is 0.500. The number of carbonyl (C=O) groups is 2. The van der Waals surface area contributed by atoms with Gasteiger partial charge < -0.3 is 10.2 Å². The first-order valence-corrected chi connectivity index (χ1v) is 12.8. The highest BCUT2D eigenvalue weighted by Gasteiger charge is 2.30. The molecule has 2 aromatic carbocycles. The number of nitrogens with one attached hydrogen (secondary N) is 1. The number of halogens is 1. The average molecular weight is 482 g/mol. The van der Waals surface area contributed by atoms with E-state index in [2.05, 4.69) is 17.1 Å². The second kappa shape index (κ2) is 10.5. The molecule has 6 heteroatoms. The summed E-state index contributed by atoms with van der Waals surface area (Å²) in [6.07, 6.45) is 4.70. The van der Waals surface area contributed by atoms with Crippen LogP contribution in [-0.2, 0) is 5.54 Å². The fourth-order valence-corrected chi connectivity index (χ4v) is 5.43. The van der Waals surface area contributed by atoms with E-state index >= 15 is 0 Å². The molecule has 1 N–H and O–H groups in total. The summed E-state index contributed by atoms with van der Waals surface area (Å²) < 4.78 is 0. The lowest BCUT2D eigenvalue weighted by Crippen LogP contribution is -2.49. The Bertz CT molecular complexity index is 1010. The molecule has 182 valence electrons. The van der Waals surface area contributed by atoms with E-state index in [-0.39, 0.29) is 11.8 Å². The molecule has 0 radical (unpaired) electrons. The minimum absolute atomic E-state index is 0.0525. The van der Waals surface area contributed by atoms with Gasteiger partial charge in [0.1, 0.15) is 0 Å². The third-order valence-corrected chi connectivity index (χ3v) is 7.56. The molecule has 4 rings (SSSR count). The summed E-state index contributed by atoms with van der Waals surface area (Å²) in [4.78, 5) is 30.5. The van der Waals surface area contributed by atoms with Crippen molar-refractivity contribution in [1.29, 1.82) is 0 Å². The number of benzene rings is 2. The Morgan fingerprint density at radius 3 is 2.29 bits per heavy atom. The number of rotatable bonds is 5. The van der Waals surface area contributed by atoms with Crippen LogP contribution in [0.4, 0.5) is 0 Å². The second-order valence-corrected chi connectivity index (χ2v) is 10.9. The number of likely N-dealkylation sites (tertiary alicyclic amines) is 2. The fourth-order valence-electron chi connectivity index (χ4n) is 5.24. The van der Waals surface area contributed by atoms with Gasteiger partial charge >= 0.3 is 0 Å². The van der Waals surface area contributed by atoms with E-state index in [1.807, 2.05) is 43.0 Å². The summed E-state index contributed by atoms with van der Waals surface area (Å²) >= 11 is 6.12. The van der Waals surface area contributed by atoms with E-state index < -0.39 is 5.54 Å². The van der Waals surface area contributed by atoms with Crippen molar-refractivity contribution in [3.8, 4) is 0 Å². The normalized spacial score (nSPS) is 20.2. The Morgan fingerprint density at radius 1 is 0.971 bits per heavy atom. The third kappa shape index (κ3) is 5.81. The first kappa shape index (κ1) is 24.7. The van der Waals surface area contributed by atoms with Gasteiger partial charge in [-0.25, -0.2) is 0 Å². The molecule has 2 aliphatic rings. The molecular weight excluding hydrogens is 446 g/mol. The number of carbonyl (C=O) groups excluding carboxylic acids is 2. The van der Waals surface area contributed by atoms with Gasteiger partial charge in [-0.2, -0.15) is 0 Å². The number of nitrogens with zero attached hydrogens (tertiary/aromatic N) is 2. The quantitative estimate of drug-likeness (QED) is 0.627. The summed E-state index contributed by atoms with van der Waals surface area (Å²) in [6.45, 7) is 10.2.